The first-order valence-electron chi connectivity index (χ1n) is 8.20. The molecule has 1 fully saturated rings. The number of nitrogens with two attached hydrogens (primary N) is 1. The van der Waals surface area contributed by atoms with Gasteiger partial charge in [-0.2, -0.15) is 0 Å². The number of rotatable bonds is 6. The maximum absolute atomic E-state index is 12.2. The minimum absolute atomic E-state index is 0.0633. The van der Waals surface area contributed by atoms with Crippen LogP contribution >= 0.6 is 0 Å². The average Bonchev–Trinajstić information content (AvgIpc) is 2.61. The summed E-state index contributed by atoms with van der Waals surface area (Å²) in [5.74, 6) is -0.755. The highest BCUT2D eigenvalue weighted by Gasteiger charge is 2.26. The molecule has 0 radical (unpaired) electrons. The summed E-state index contributed by atoms with van der Waals surface area (Å²) in [5.41, 5.74) is 6.97. The molecule has 136 valence electrons. The molecule has 1 saturated heterocycles. The quantitative estimate of drug-likeness (QED) is 0.398. The van der Waals surface area contributed by atoms with E-state index in [9.17, 15) is 19.6 Å². The normalized spacial score (nSPS) is 16.4. The third kappa shape index (κ3) is 5.27. The van der Waals surface area contributed by atoms with Crippen molar-refractivity contribution in [1.29, 1.82) is 0 Å². The van der Waals surface area contributed by atoms with Gasteiger partial charge in [-0.25, -0.2) is 0 Å². The minimum atomic E-state index is -1.50. The van der Waals surface area contributed by atoms with Crippen LogP contribution in [0.2, 0.25) is 0 Å². The van der Waals surface area contributed by atoms with Crippen molar-refractivity contribution in [2.75, 3.05) is 33.3 Å². The third-order valence-electron chi connectivity index (χ3n) is 4.35. The minimum Gasteiger partial charge on any atom is -0.468 e. The fourth-order valence-electron chi connectivity index (χ4n) is 2.88. The van der Waals surface area contributed by atoms with E-state index in [1.807, 2.05) is 12.1 Å². The monoisotopic (exact) mass is 349 g/mol. The molecular weight excluding hydrogens is 325 g/mol. The molecular formula is C16H24BN3O5. The first-order valence-corrected chi connectivity index (χ1v) is 8.20. The molecule has 1 aromatic rings. The molecule has 9 heteroatoms. The Morgan fingerprint density at radius 2 is 1.88 bits per heavy atom. The molecule has 1 atom stereocenters. The summed E-state index contributed by atoms with van der Waals surface area (Å²) < 4.78 is 4.53. The second-order valence-corrected chi connectivity index (χ2v) is 6.06. The first kappa shape index (κ1) is 19.4. The molecule has 1 amide bonds. The van der Waals surface area contributed by atoms with Gasteiger partial charge in [-0.15, -0.1) is 0 Å². The number of hydrogen-bond acceptors (Lipinski definition) is 7. The molecule has 0 bridgehead atoms. The largest absolute Gasteiger partial charge is 0.488 e. The van der Waals surface area contributed by atoms with Crippen molar-refractivity contribution in [3.8, 4) is 0 Å². The van der Waals surface area contributed by atoms with E-state index in [2.05, 4.69) is 9.64 Å². The maximum atomic E-state index is 12.2. The number of nitrogens with zero attached hydrogens (tertiary/aromatic N) is 2. The van der Waals surface area contributed by atoms with Crippen LogP contribution in [0.4, 0.5) is 0 Å². The number of amides is 1. The van der Waals surface area contributed by atoms with E-state index in [-0.39, 0.29) is 12.3 Å². The van der Waals surface area contributed by atoms with Gasteiger partial charge < -0.3 is 25.4 Å². The van der Waals surface area contributed by atoms with Crippen molar-refractivity contribution in [2.24, 2.45) is 5.73 Å². The Balaban J connectivity index is 1.86. The molecule has 1 unspecified atom stereocenters. The van der Waals surface area contributed by atoms with Gasteiger partial charge in [0.15, 0.2) is 0 Å². The summed E-state index contributed by atoms with van der Waals surface area (Å²) in [6, 6.07) is 6.23. The molecule has 1 aliphatic heterocycles. The Hall–Kier alpha value is -1.94. The first-order chi connectivity index (χ1) is 11.9. The Kier molecular flexibility index (Phi) is 6.95. The Morgan fingerprint density at radius 1 is 1.24 bits per heavy atom. The fraction of sp³-hybridized carbons (Fsp3) is 0.500. The highest BCUT2D eigenvalue weighted by molar-refractivity contribution is 6.59. The maximum Gasteiger partial charge on any atom is 0.488 e. The van der Waals surface area contributed by atoms with Crippen molar-refractivity contribution < 1.29 is 24.4 Å². The van der Waals surface area contributed by atoms with E-state index >= 15 is 0 Å². The molecule has 25 heavy (non-hydrogen) atoms. The van der Waals surface area contributed by atoms with Crippen molar-refractivity contribution in [1.82, 2.24) is 9.80 Å². The predicted octanol–water partition coefficient (Wildman–Crippen LogP) is -2.10. The van der Waals surface area contributed by atoms with E-state index in [0.717, 1.165) is 5.56 Å². The van der Waals surface area contributed by atoms with Crippen molar-refractivity contribution in [3.05, 3.63) is 29.8 Å². The van der Waals surface area contributed by atoms with Crippen LogP contribution in [0.25, 0.3) is 0 Å². The lowest BCUT2D eigenvalue weighted by molar-refractivity contribution is -0.145. The van der Waals surface area contributed by atoms with Gasteiger partial charge in [0.25, 0.3) is 0 Å². The average molecular weight is 349 g/mol. The van der Waals surface area contributed by atoms with E-state index in [0.29, 0.717) is 38.2 Å². The number of ether oxygens (including phenoxy) is 1. The van der Waals surface area contributed by atoms with Crippen LogP contribution in [0.5, 0.6) is 0 Å². The summed E-state index contributed by atoms with van der Waals surface area (Å²) >= 11 is 0. The third-order valence-corrected chi connectivity index (χ3v) is 4.35. The summed E-state index contributed by atoms with van der Waals surface area (Å²) in [4.78, 5) is 27.3. The molecule has 1 aliphatic rings. The summed E-state index contributed by atoms with van der Waals surface area (Å²) in [7, 11) is -0.258. The molecule has 0 aliphatic carbocycles. The second kappa shape index (κ2) is 8.96. The van der Waals surface area contributed by atoms with Crippen LogP contribution in [-0.4, -0.2) is 78.2 Å². The molecule has 0 aromatic heterocycles. The number of benzene rings is 1. The summed E-state index contributed by atoms with van der Waals surface area (Å²) in [5, 5.41) is 18.9. The van der Waals surface area contributed by atoms with Gasteiger partial charge in [0.05, 0.1) is 13.5 Å². The molecule has 0 saturated carbocycles. The molecule has 0 spiro atoms. The lowest BCUT2D eigenvalue weighted by Gasteiger charge is -2.35. The molecule has 1 aromatic carbocycles. The van der Waals surface area contributed by atoms with Gasteiger partial charge in [-0.05, 0) is 11.0 Å². The van der Waals surface area contributed by atoms with Crippen LogP contribution in [0.3, 0.4) is 0 Å². The standard InChI is InChI=1S/C16H24BN3O5/c1-25-16(22)14(18)10-15(21)20-8-6-19(7-9-20)11-12-4-2-3-5-13(12)17(23)24/h2-5,14,23-24H,6-11,18H2,1H3. The lowest BCUT2D eigenvalue weighted by atomic mass is 9.77. The van der Waals surface area contributed by atoms with Crippen molar-refractivity contribution in [2.45, 2.75) is 19.0 Å². The number of carbonyl (C=O) groups excluding carboxylic acids is 2. The summed E-state index contributed by atoms with van der Waals surface area (Å²) in [6.07, 6.45) is -0.0633. The SMILES string of the molecule is COC(=O)C(N)CC(=O)N1CCN(Cc2ccccc2B(O)O)CC1. The molecule has 1 heterocycles. The molecule has 8 nitrogen and oxygen atoms in total. The van der Waals surface area contributed by atoms with Crippen LogP contribution in [0.15, 0.2) is 24.3 Å². The zero-order chi connectivity index (χ0) is 18.4. The predicted molar refractivity (Wildman–Crippen MR) is 92.7 cm³/mol. The van der Waals surface area contributed by atoms with Gasteiger partial charge >= 0.3 is 13.1 Å². The van der Waals surface area contributed by atoms with Gasteiger partial charge in [-0.3, -0.25) is 14.5 Å². The van der Waals surface area contributed by atoms with E-state index in [4.69, 9.17) is 5.73 Å². The number of carbonyl (C=O) groups is 2. The van der Waals surface area contributed by atoms with Crippen LogP contribution in [0, 0.1) is 0 Å². The highest BCUT2D eigenvalue weighted by Crippen LogP contribution is 2.09. The Morgan fingerprint density at radius 3 is 2.48 bits per heavy atom. The van der Waals surface area contributed by atoms with Gasteiger partial charge in [-0.1, -0.05) is 24.3 Å². The zero-order valence-electron chi connectivity index (χ0n) is 14.3. The second-order valence-electron chi connectivity index (χ2n) is 6.06. The highest BCUT2D eigenvalue weighted by atomic mass is 16.5. The zero-order valence-corrected chi connectivity index (χ0v) is 14.3. The summed E-state index contributed by atoms with van der Waals surface area (Å²) in [6.45, 7) is 2.98. The van der Waals surface area contributed by atoms with Crippen molar-refractivity contribution >= 4 is 24.5 Å². The van der Waals surface area contributed by atoms with E-state index in [1.54, 1.807) is 17.0 Å². The van der Waals surface area contributed by atoms with Gasteiger partial charge in [0, 0.05) is 32.7 Å². The topological polar surface area (TPSA) is 116 Å². The number of methoxy groups -OCH3 is 1. The number of hydrogen-bond donors (Lipinski definition) is 3. The number of piperazine rings is 1. The fourth-order valence-corrected chi connectivity index (χ4v) is 2.88. The smallest absolute Gasteiger partial charge is 0.468 e. The van der Waals surface area contributed by atoms with Gasteiger partial charge in [0.1, 0.15) is 6.04 Å². The van der Waals surface area contributed by atoms with Gasteiger partial charge in [0.2, 0.25) is 5.91 Å². The van der Waals surface area contributed by atoms with E-state index < -0.39 is 19.1 Å². The van der Waals surface area contributed by atoms with Crippen LogP contribution < -0.4 is 11.2 Å². The van der Waals surface area contributed by atoms with Crippen LogP contribution in [0.1, 0.15) is 12.0 Å². The Bertz CT molecular complexity index is 605. The van der Waals surface area contributed by atoms with E-state index in [1.165, 1.54) is 7.11 Å². The molecule has 4 N–H and O–H groups in total. The van der Waals surface area contributed by atoms with Crippen molar-refractivity contribution in [3.63, 3.8) is 0 Å². The lowest BCUT2D eigenvalue weighted by Crippen LogP contribution is -2.50. The molecule has 2 rings (SSSR count). The van der Waals surface area contributed by atoms with Crippen LogP contribution in [-0.2, 0) is 20.9 Å². The number of esters is 1. The Labute approximate surface area is 147 Å².